The molecule has 1 atom stereocenters. The molecule has 1 N–H and O–H groups in total. The predicted molar refractivity (Wildman–Crippen MR) is 86.2 cm³/mol. The molecule has 1 fully saturated rings. The van der Waals surface area contributed by atoms with Crippen LogP contribution in [0.3, 0.4) is 0 Å². The molecule has 0 saturated heterocycles. The summed E-state index contributed by atoms with van der Waals surface area (Å²) in [6.07, 6.45) is 5.35. The Labute approximate surface area is 128 Å². The van der Waals surface area contributed by atoms with Gasteiger partial charge in [0.1, 0.15) is 0 Å². The van der Waals surface area contributed by atoms with Gasteiger partial charge in [0.05, 0.1) is 6.10 Å². The largest absolute Gasteiger partial charge is 0.388 e. The predicted octanol–water partition coefficient (Wildman–Crippen LogP) is 5.60. The summed E-state index contributed by atoms with van der Waals surface area (Å²) in [5, 5.41) is 11.7. The standard InChI is InChI=1S/C18H27ClO/c1-12(2)11-18(7-5-6-8-18)17(20)15-9-13(3)14(4)10-16(15)19/h9-10,12,17,20H,5-8,11H2,1-4H3. The summed E-state index contributed by atoms with van der Waals surface area (Å²) in [4.78, 5) is 0. The van der Waals surface area contributed by atoms with Gasteiger partial charge in [-0.1, -0.05) is 44.4 Å². The Kier molecular flexibility index (Phi) is 4.81. The third kappa shape index (κ3) is 3.04. The molecule has 1 saturated carbocycles. The number of hydrogen-bond donors (Lipinski definition) is 1. The van der Waals surface area contributed by atoms with Crippen molar-refractivity contribution in [3.8, 4) is 0 Å². The van der Waals surface area contributed by atoms with E-state index >= 15 is 0 Å². The molecule has 1 unspecified atom stereocenters. The maximum atomic E-state index is 11.0. The first-order valence-electron chi connectivity index (χ1n) is 7.80. The molecule has 1 aliphatic carbocycles. The van der Waals surface area contributed by atoms with Crippen LogP contribution in [0.2, 0.25) is 5.02 Å². The van der Waals surface area contributed by atoms with Gasteiger partial charge < -0.3 is 5.11 Å². The highest BCUT2D eigenvalue weighted by Gasteiger charge is 2.42. The zero-order valence-electron chi connectivity index (χ0n) is 13.2. The molecule has 20 heavy (non-hydrogen) atoms. The minimum Gasteiger partial charge on any atom is -0.388 e. The van der Waals surface area contributed by atoms with Crippen LogP contribution in [-0.4, -0.2) is 5.11 Å². The highest BCUT2D eigenvalue weighted by molar-refractivity contribution is 6.31. The van der Waals surface area contributed by atoms with E-state index in [1.54, 1.807) is 0 Å². The van der Waals surface area contributed by atoms with Crippen LogP contribution < -0.4 is 0 Å². The lowest BCUT2D eigenvalue weighted by Crippen LogP contribution is -2.28. The number of rotatable bonds is 4. The van der Waals surface area contributed by atoms with Gasteiger partial charge in [0.2, 0.25) is 0 Å². The lowest BCUT2D eigenvalue weighted by atomic mass is 9.71. The van der Waals surface area contributed by atoms with Crippen molar-refractivity contribution in [1.82, 2.24) is 0 Å². The molecular formula is C18H27ClO. The van der Waals surface area contributed by atoms with Crippen molar-refractivity contribution in [2.45, 2.75) is 65.9 Å². The molecular weight excluding hydrogens is 268 g/mol. The van der Waals surface area contributed by atoms with Gasteiger partial charge in [0.15, 0.2) is 0 Å². The summed E-state index contributed by atoms with van der Waals surface area (Å²) in [5.74, 6) is 0.605. The second-order valence-electron chi connectivity index (χ2n) is 7.03. The number of hydrogen-bond acceptors (Lipinski definition) is 1. The molecule has 0 aliphatic heterocycles. The number of aryl methyl sites for hydroxylation is 2. The first kappa shape index (κ1) is 15.9. The Bertz CT molecular complexity index is 473. The Hall–Kier alpha value is -0.530. The normalized spacial score (nSPS) is 19.6. The Morgan fingerprint density at radius 2 is 1.70 bits per heavy atom. The zero-order valence-corrected chi connectivity index (χ0v) is 13.9. The lowest BCUT2D eigenvalue weighted by Gasteiger charge is -2.37. The van der Waals surface area contributed by atoms with Crippen LogP contribution in [-0.2, 0) is 0 Å². The maximum Gasteiger partial charge on any atom is 0.0860 e. The third-order valence-electron chi connectivity index (χ3n) is 4.90. The molecule has 1 nitrogen and oxygen atoms in total. The first-order valence-corrected chi connectivity index (χ1v) is 8.18. The van der Waals surface area contributed by atoms with Gasteiger partial charge in [-0.3, -0.25) is 0 Å². The summed E-state index contributed by atoms with van der Waals surface area (Å²) in [7, 11) is 0. The topological polar surface area (TPSA) is 20.2 Å². The average molecular weight is 295 g/mol. The number of halogens is 1. The molecule has 1 aromatic carbocycles. The van der Waals surface area contributed by atoms with Crippen LogP contribution in [0.15, 0.2) is 12.1 Å². The summed E-state index contributed by atoms with van der Waals surface area (Å²) < 4.78 is 0. The van der Waals surface area contributed by atoms with Gasteiger partial charge in [0, 0.05) is 10.4 Å². The van der Waals surface area contributed by atoms with Gasteiger partial charge in [-0.15, -0.1) is 0 Å². The number of benzene rings is 1. The van der Waals surface area contributed by atoms with Gasteiger partial charge in [0.25, 0.3) is 0 Å². The van der Waals surface area contributed by atoms with Gasteiger partial charge in [-0.2, -0.15) is 0 Å². The maximum absolute atomic E-state index is 11.0. The quantitative estimate of drug-likeness (QED) is 0.766. The van der Waals surface area contributed by atoms with Gasteiger partial charge in [-0.05, 0) is 61.8 Å². The second-order valence-corrected chi connectivity index (χ2v) is 7.44. The van der Waals surface area contributed by atoms with Crippen molar-refractivity contribution in [3.05, 3.63) is 33.8 Å². The molecule has 1 aliphatic rings. The Morgan fingerprint density at radius 1 is 1.15 bits per heavy atom. The Morgan fingerprint density at radius 3 is 2.25 bits per heavy atom. The van der Waals surface area contributed by atoms with E-state index in [9.17, 15) is 5.11 Å². The minimum absolute atomic E-state index is 0.0273. The van der Waals surface area contributed by atoms with E-state index in [1.165, 1.54) is 24.0 Å². The van der Waals surface area contributed by atoms with Crippen LogP contribution in [0.1, 0.15) is 68.7 Å². The molecule has 0 radical (unpaired) electrons. The van der Waals surface area contributed by atoms with Crippen LogP contribution in [0, 0.1) is 25.2 Å². The van der Waals surface area contributed by atoms with Crippen molar-refractivity contribution in [1.29, 1.82) is 0 Å². The van der Waals surface area contributed by atoms with Crippen molar-refractivity contribution < 1.29 is 5.11 Å². The smallest absolute Gasteiger partial charge is 0.0860 e. The van der Waals surface area contributed by atoms with Crippen molar-refractivity contribution in [2.75, 3.05) is 0 Å². The number of aliphatic hydroxyl groups is 1. The molecule has 0 heterocycles. The van der Waals surface area contributed by atoms with Gasteiger partial charge in [-0.25, -0.2) is 0 Å². The van der Waals surface area contributed by atoms with E-state index in [2.05, 4.69) is 33.8 Å². The van der Waals surface area contributed by atoms with Gasteiger partial charge >= 0.3 is 0 Å². The molecule has 112 valence electrons. The van der Waals surface area contributed by atoms with Crippen LogP contribution >= 0.6 is 11.6 Å². The summed E-state index contributed by atoms with van der Waals surface area (Å²) in [5.41, 5.74) is 3.35. The highest BCUT2D eigenvalue weighted by Crippen LogP contribution is 2.52. The molecule has 2 rings (SSSR count). The fourth-order valence-corrected chi connectivity index (χ4v) is 4.15. The van der Waals surface area contributed by atoms with Crippen molar-refractivity contribution in [2.24, 2.45) is 11.3 Å². The monoisotopic (exact) mass is 294 g/mol. The highest BCUT2D eigenvalue weighted by atomic mass is 35.5. The van der Waals surface area contributed by atoms with E-state index in [4.69, 9.17) is 11.6 Å². The van der Waals surface area contributed by atoms with Crippen molar-refractivity contribution >= 4 is 11.6 Å². The van der Waals surface area contributed by atoms with Crippen LogP contribution in [0.25, 0.3) is 0 Å². The van der Waals surface area contributed by atoms with E-state index in [-0.39, 0.29) is 5.41 Å². The van der Waals surface area contributed by atoms with Crippen LogP contribution in [0.4, 0.5) is 0 Å². The molecule has 0 spiro atoms. The lowest BCUT2D eigenvalue weighted by molar-refractivity contribution is 0.0112. The van der Waals surface area contributed by atoms with E-state index in [1.807, 2.05) is 6.07 Å². The SMILES string of the molecule is Cc1cc(Cl)c(C(O)C2(CC(C)C)CCCC2)cc1C. The number of aliphatic hydroxyl groups excluding tert-OH is 1. The average Bonchev–Trinajstić information content (AvgIpc) is 2.81. The zero-order chi connectivity index (χ0) is 14.9. The Balaban J connectivity index is 2.37. The third-order valence-corrected chi connectivity index (χ3v) is 5.23. The molecule has 0 aromatic heterocycles. The first-order chi connectivity index (χ1) is 9.35. The fraction of sp³-hybridized carbons (Fsp3) is 0.667. The van der Waals surface area contributed by atoms with E-state index < -0.39 is 6.10 Å². The molecule has 2 heteroatoms. The minimum atomic E-state index is -0.431. The molecule has 1 aromatic rings. The van der Waals surface area contributed by atoms with Crippen LogP contribution in [0.5, 0.6) is 0 Å². The van der Waals surface area contributed by atoms with E-state index in [0.717, 1.165) is 29.8 Å². The van der Waals surface area contributed by atoms with E-state index in [0.29, 0.717) is 5.92 Å². The summed E-state index contributed by atoms with van der Waals surface area (Å²) >= 11 is 6.41. The summed E-state index contributed by atoms with van der Waals surface area (Å²) in [6, 6.07) is 4.08. The fourth-order valence-electron chi connectivity index (χ4n) is 3.82. The van der Waals surface area contributed by atoms with Crippen molar-refractivity contribution in [3.63, 3.8) is 0 Å². The molecule has 0 bridgehead atoms. The summed E-state index contributed by atoms with van der Waals surface area (Å²) in [6.45, 7) is 8.64. The molecule has 0 amide bonds. The second kappa shape index (κ2) is 6.07.